The zero-order valence-corrected chi connectivity index (χ0v) is 8.96. The highest BCUT2D eigenvalue weighted by atomic mass is 16.5. The summed E-state index contributed by atoms with van der Waals surface area (Å²) < 4.78 is 5.78. The zero-order chi connectivity index (χ0) is 9.68. The predicted octanol–water partition coefficient (Wildman–Crippen LogP) is 2.32. The van der Waals surface area contributed by atoms with E-state index in [0.717, 1.165) is 18.9 Å². The van der Waals surface area contributed by atoms with E-state index < -0.39 is 0 Å². The van der Waals surface area contributed by atoms with E-state index in [0.29, 0.717) is 6.10 Å². The van der Waals surface area contributed by atoms with Crippen molar-refractivity contribution in [2.45, 2.75) is 58.1 Å². The fourth-order valence-electron chi connectivity index (χ4n) is 1.95. The van der Waals surface area contributed by atoms with Crippen molar-refractivity contribution >= 4 is 0 Å². The summed E-state index contributed by atoms with van der Waals surface area (Å²) in [5.41, 5.74) is 5.66. The van der Waals surface area contributed by atoms with Crippen molar-refractivity contribution in [1.29, 1.82) is 0 Å². The van der Waals surface area contributed by atoms with Crippen molar-refractivity contribution < 1.29 is 4.74 Å². The van der Waals surface area contributed by atoms with E-state index in [4.69, 9.17) is 10.5 Å². The standard InChI is InChI=1S/C11H23NO/c1-9-4-3-5-11(8-9)13-7-6-10(2)12/h9-11H,3-8,12H2,1-2H3. The van der Waals surface area contributed by atoms with Crippen LogP contribution in [0.2, 0.25) is 0 Å². The summed E-state index contributed by atoms with van der Waals surface area (Å²) in [5, 5.41) is 0. The Morgan fingerprint density at radius 3 is 2.85 bits per heavy atom. The fraction of sp³-hybridized carbons (Fsp3) is 1.00. The molecule has 2 N–H and O–H groups in total. The van der Waals surface area contributed by atoms with Crippen LogP contribution in [0.4, 0.5) is 0 Å². The molecule has 1 rings (SSSR count). The number of rotatable bonds is 4. The van der Waals surface area contributed by atoms with Gasteiger partial charge in [0.2, 0.25) is 0 Å². The third kappa shape index (κ3) is 4.63. The molecule has 2 heteroatoms. The maximum absolute atomic E-state index is 5.78. The molecule has 3 atom stereocenters. The largest absolute Gasteiger partial charge is 0.378 e. The van der Waals surface area contributed by atoms with Crippen molar-refractivity contribution in [2.75, 3.05) is 6.61 Å². The Morgan fingerprint density at radius 1 is 1.46 bits per heavy atom. The van der Waals surface area contributed by atoms with Crippen LogP contribution in [0.15, 0.2) is 0 Å². The molecule has 3 unspecified atom stereocenters. The second-order valence-corrected chi connectivity index (χ2v) is 4.53. The summed E-state index contributed by atoms with van der Waals surface area (Å²) >= 11 is 0. The minimum absolute atomic E-state index is 0.279. The van der Waals surface area contributed by atoms with E-state index in [1.54, 1.807) is 0 Å². The molecule has 13 heavy (non-hydrogen) atoms. The second-order valence-electron chi connectivity index (χ2n) is 4.53. The van der Waals surface area contributed by atoms with Gasteiger partial charge in [-0.15, -0.1) is 0 Å². The summed E-state index contributed by atoms with van der Waals surface area (Å²) in [4.78, 5) is 0. The Hall–Kier alpha value is -0.0800. The predicted molar refractivity (Wildman–Crippen MR) is 55.6 cm³/mol. The lowest BCUT2D eigenvalue weighted by Crippen LogP contribution is -2.24. The van der Waals surface area contributed by atoms with Crippen LogP contribution < -0.4 is 5.73 Å². The van der Waals surface area contributed by atoms with Gasteiger partial charge in [0.15, 0.2) is 0 Å². The van der Waals surface area contributed by atoms with Crippen LogP contribution in [0, 0.1) is 5.92 Å². The quantitative estimate of drug-likeness (QED) is 0.729. The number of hydrogen-bond acceptors (Lipinski definition) is 2. The van der Waals surface area contributed by atoms with Gasteiger partial charge in [-0.3, -0.25) is 0 Å². The van der Waals surface area contributed by atoms with E-state index in [1.165, 1.54) is 25.7 Å². The van der Waals surface area contributed by atoms with Crippen LogP contribution in [0.25, 0.3) is 0 Å². The highest BCUT2D eigenvalue weighted by molar-refractivity contribution is 4.70. The summed E-state index contributed by atoms with van der Waals surface area (Å²) in [7, 11) is 0. The molecule has 0 amide bonds. The molecule has 0 aliphatic heterocycles. The molecule has 0 radical (unpaired) electrons. The smallest absolute Gasteiger partial charge is 0.0577 e. The normalized spacial score (nSPS) is 31.6. The first-order chi connectivity index (χ1) is 6.18. The fourth-order valence-corrected chi connectivity index (χ4v) is 1.95. The molecular weight excluding hydrogens is 162 g/mol. The Labute approximate surface area is 81.8 Å². The van der Waals surface area contributed by atoms with Crippen LogP contribution >= 0.6 is 0 Å². The maximum atomic E-state index is 5.78. The maximum Gasteiger partial charge on any atom is 0.0577 e. The van der Waals surface area contributed by atoms with Gasteiger partial charge in [-0.2, -0.15) is 0 Å². The minimum atomic E-state index is 0.279. The van der Waals surface area contributed by atoms with Crippen LogP contribution in [-0.4, -0.2) is 18.8 Å². The molecule has 1 aliphatic rings. The van der Waals surface area contributed by atoms with Gasteiger partial charge in [-0.05, 0) is 32.1 Å². The van der Waals surface area contributed by atoms with Crippen LogP contribution in [-0.2, 0) is 4.74 Å². The molecule has 1 fully saturated rings. The topological polar surface area (TPSA) is 35.2 Å². The molecule has 0 aromatic heterocycles. The Balaban J connectivity index is 2.06. The average Bonchev–Trinajstić information content (AvgIpc) is 2.03. The SMILES string of the molecule is CC(N)CCOC1CCCC(C)C1. The van der Waals surface area contributed by atoms with Crippen molar-refractivity contribution in [1.82, 2.24) is 0 Å². The van der Waals surface area contributed by atoms with Crippen LogP contribution in [0.5, 0.6) is 0 Å². The average molecular weight is 185 g/mol. The van der Waals surface area contributed by atoms with Crippen molar-refractivity contribution in [2.24, 2.45) is 11.7 Å². The van der Waals surface area contributed by atoms with E-state index in [1.807, 2.05) is 6.92 Å². The molecule has 2 nitrogen and oxygen atoms in total. The lowest BCUT2D eigenvalue weighted by molar-refractivity contribution is 0.0130. The van der Waals surface area contributed by atoms with Gasteiger partial charge in [0, 0.05) is 12.6 Å². The second kappa shape index (κ2) is 5.61. The number of hydrogen-bond donors (Lipinski definition) is 1. The Bertz CT molecular complexity index is 136. The third-order valence-corrected chi connectivity index (χ3v) is 2.82. The van der Waals surface area contributed by atoms with Gasteiger partial charge < -0.3 is 10.5 Å². The molecule has 1 saturated carbocycles. The van der Waals surface area contributed by atoms with Gasteiger partial charge in [0.25, 0.3) is 0 Å². The van der Waals surface area contributed by atoms with Gasteiger partial charge >= 0.3 is 0 Å². The van der Waals surface area contributed by atoms with Crippen LogP contribution in [0.1, 0.15) is 46.0 Å². The molecule has 1 aliphatic carbocycles. The summed E-state index contributed by atoms with van der Waals surface area (Å²) in [6, 6.07) is 0.279. The third-order valence-electron chi connectivity index (χ3n) is 2.82. The monoisotopic (exact) mass is 185 g/mol. The Morgan fingerprint density at radius 2 is 2.23 bits per heavy atom. The molecule has 0 saturated heterocycles. The summed E-state index contributed by atoms with van der Waals surface area (Å²) in [5.74, 6) is 0.856. The van der Waals surface area contributed by atoms with Crippen molar-refractivity contribution in [3.8, 4) is 0 Å². The lowest BCUT2D eigenvalue weighted by Gasteiger charge is -2.27. The van der Waals surface area contributed by atoms with E-state index in [9.17, 15) is 0 Å². The number of nitrogens with two attached hydrogens (primary N) is 1. The lowest BCUT2D eigenvalue weighted by atomic mass is 9.89. The molecular formula is C11H23NO. The van der Waals surface area contributed by atoms with Crippen molar-refractivity contribution in [3.63, 3.8) is 0 Å². The molecule has 0 bridgehead atoms. The molecule has 0 aromatic rings. The molecule has 0 aromatic carbocycles. The first kappa shape index (κ1) is 11.0. The van der Waals surface area contributed by atoms with E-state index >= 15 is 0 Å². The van der Waals surface area contributed by atoms with Gasteiger partial charge in [0.1, 0.15) is 0 Å². The summed E-state index contributed by atoms with van der Waals surface area (Å²) in [6.07, 6.45) is 6.73. The minimum Gasteiger partial charge on any atom is -0.378 e. The van der Waals surface area contributed by atoms with Gasteiger partial charge in [-0.25, -0.2) is 0 Å². The molecule has 0 heterocycles. The highest BCUT2D eigenvalue weighted by Crippen LogP contribution is 2.25. The zero-order valence-electron chi connectivity index (χ0n) is 8.96. The van der Waals surface area contributed by atoms with E-state index in [2.05, 4.69) is 6.92 Å². The molecule has 78 valence electrons. The van der Waals surface area contributed by atoms with Crippen LogP contribution in [0.3, 0.4) is 0 Å². The number of ether oxygens (including phenoxy) is 1. The first-order valence-electron chi connectivity index (χ1n) is 5.55. The van der Waals surface area contributed by atoms with Gasteiger partial charge in [-0.1, -0.05) is 19.8 Å². The summed E-state index contributed by atoms with van der Waals surface area (Å²) in [6.45, 7) is 5.20. The first-order valence-corrected chi connectivity index (χ1v) is 5.55. The molecule has 0 spiro atoms. The Kier molecular flexibility index (Phi) is 4.74. The van der Waals surface area contributed by atoms with Gasteiger partial charge in [0.05, 0.1) is 6.10 Å². The van der Waals surface area contributed by atoms with Crippen molar-refractivity contribution in [3.05, 3.63) is 0 Å². The highest BCUT2D eigenvalue weighted by Gasteiger charge is 2.18. The van der Waals surface area contributed by atoms with E-state index in [-0.39, 0.29) is 6.04 Å².